The molecule has 1 N–H and O–H groups in total. The third kappa shape index (κ3) is 3.45. The molecule has 0 radical (unpaired) electrons. The zero-order chi connectivity index (χ0) is 15.8. The minimum absolute atomic E-state index is 0.0298. The second kappa shape index (κ2) is 6.29. The smallest absolute Gasteiger partial charge is 0.0849 e. The van der Waals surface area contributed by atoms with Crippen molar-refractivity contribution in [2.45, 2.75) is 65.9 Å². The van der Waals surface area contributed by atoms with Crippen molar-refractivity contribution in [1.29, 1.82) is 0 Å². The largest absolute Gasteiger partial charge is 0.393 e. The van der Waals surface area contributed by atoms with Crippen molar-refractivity contribution in [2.24, 2.45) is 24.3 Å². The topological polar surface area (TPSA) is 38.0 Å². The lowest BCUT2D eigenvalue weighted by atomic mass is 9.65. The lowest BCUT2D eigenvalue weighted by Gasteiger charge is -2.42. The summed E-state index contributed by atoms with van der Waals surface area (Å²) >= 11 is 6.49. The first-order valence-electron chi connectivity index (χ1n) is 8.14. The maximum absolute atomic E-state index is 10.5. The van der Waals surface area contributed by atoms with Gasteiger partial charge in [-0.25, -0.2) is 0 Å². The number of aliphatic hydroxyl groups excluding tert-OH is 1. The molecule has 0 amide bonds. The van der Waals surface area contributed by atoms with Gasteiger partial charge in [0, 0.05) is 7.05 Å². The summed E-state index contributed by atoms with van der Waals surface area (Å²) in [5.74, 6) is 0.976. The Morgan fingerprint density at radius 1 is 1.38 bits per heavy atom. The van der Waals surface area contributed by atoms with Crippen LogP contribution in [0.1, 0.15) is 58.3 Å². The third-order valence-corrected chi connectivity index (χ3v) is 5.64. The molecule has 0 bridgehead atoms. The van der Waals surface area contributed by atoms with Crippen LogP contribution in [-0.4, -0.2) is 21.0 Å². The molecule has 0 saturated heterocycles. The van der Waals surface area contributed by atoms with E-state index in [0.717, 1.165) is 42.1 Å². The van der Waals surface area contributed by atoms with Crippen LogP contribution in [0.4, 0.5) is 0 Å². The van der Waals surface area contributed by atoms with Crippen LogP contribution < -0.4 is 0 Å². The first-order valence-corrected chi connectivity index (χ1v) is 8.52. The maximum Gasteiger partial charge on any atom is 0.0849 e. The summed E-state index contributed by atoms with van der Waals surface area (Å²) in [6.07, 6.45) is 4.77. The number of nitrogens with zero attached hydrogens (tertiary/aromatic N) is 2. The highest BCUT2D eigenvalue weighted by molar-refractivity contribution is 6.31. The Labute approximate surface area is 133 Å². The number of hydrogen-bond donors (Lipinski definition) is 1. The van der Waals surface area contributed by atoms with Crippen LogP contribution in [0.15, 0.2) is 0 Å². The fraction of sp³-hybridized carbons (Fsp3) is 0.824. The molecule has 3 atom stereocenters. The number of aromatic nitrogens is 2. The van der Waals surface area contributed by atoms with E-state index in [1.54, 1.807) is 0 Å². The van der Waals surface area contributed by atoms with Crippen LogP contribution in [0.2, 0.25) is 5.02 Å². The number of rotatable bonds is 4. The highest BCUT2D eigenvalue weighted by atomic mass is 35.5. The SMILES string of the molecule is CCc1nn(C)c(CC(C)(C)C2CCC(C)CC2O)c1Cl. The van der Waals surface area contributed by atoms with Crippen LogP contribution >= 0.6 is 11.6 Å². The summed E-state index contributed by atoms with van der Waals surface area (Å²) in [5.41, 5.74) is 2.11. The van der Waals surface area contributed by atoms with Crippen molar-refractivity contribution >= 4 is 11.6 Å². The number of aliphatic hydroxyl groups is 1. The van der Waals surface area contributed by atoms with E-state index in [4.69, 9.17) is 11.6 Å². The first kappa shape index (κ1) is 16.8. The summed E-state index contributed by atoms with van der Waals surface area (Å²) in [6, 6.07) is 0. The molecule has 1 heterocycles. The van der Waals surface area contributed by atoms with Gasteiger partial charge in [0.2, 0.25) is 0 Å². The second-order valence-corrected chi connectivity index (χ2v) is 7.82. The molecule has 1 aliphatic rings. The van der Waals surface area contributed by atoms with Gasteiger partial charge in [0.05, 0.1) is 22.5 Å². The van der Waals surface area contributed by atoms with Crippen molar-refractivity contribution in [3.05, 3.63) is 16.4 Å². The molecular weight excluding hydrogens is 284 g/mol. The number of halogens is 1. The minimum Gasteiger partial charge on any atom is -0.393 e. The van der Waals surface area contributed by atoms with Crippen LogP contribution in [0.5, 0.6) is 0 Å². The lowest BCUT2D eigenvalue weighted by molar-refractivity contribution is -0.0131. The van der Waals surface area contributed by atoms with Gasteiger partial charge < -0.3 is 5.11 Å². The molecule has 120 valence electrons. The zero-order valence-corrected chi connectivity index (χ0v) is 14.7. The molecule has 1 fully saturated rings. The molecule has 21 heavy (non-hydrogen) atoms. The molecule has 4 heteroatoms. The van der Waals surface area contributed by atoms with Gasteiger partial charge in [0.25, 0.3) is 0 Å². The maximum atomic E-state index is 10.5. The van der Waals surface area contributed by atoms with Gasteiger partial charge in [0.15, 0.2) is 0 Å². The van der Waals surface area contributed by atoms with Crippen molar-refractivity contribution in [2.75, 3.05) is 0 Å². The van der Waals surface area contributed by atoms with Gasteiger partial charge in [-0.1, -0.05) is 45.7 Å². The van der Waals surface area contributed by atoms with Crippen LogP contribution in [0, 0.1) is 17.3 Å². The third-order valence-electron chi connectivity index (χ3n) is 5.21. The zero-order valence-electron chi connectivity index (χ0n) is 14.0. The Bertz CT molecular complexity index is 495. The van der Waals surface area contributed by atoms with E-state index in [1.807, 2.05) is 11.7 Å². The first-order chi connectivity index (χ1) is 9.76. The lowest BCUT2D eigenvalue weighted by Crippen LogP contribution is -2.40. The van der Waals surface area contributed by atoms with Crippen molar-refractivity contribution < 1.29 is 5.11 Å². The average molecular weight is 313 g/mol. The van der Waals surface area contributed by atoms with Crippen molar-refractivity contribution in [1.82, 2.24) is 9.78 Å². The Morgan fingerprint density at radius 3 is 2.57 bits per heavy atom. The number of aryl methyl sites for hydroxylation is 2. The van der Waals surface area contributed by atoms with Gasteiger partial charge in [-0.3, -0.25) is 4.68 Å². The summed E-state index contributed by atoms with van der Waals surface area (Å²) < 4.78 is 1.92. The van der Waals surface area contributed by atoms with Gasteiger partial charge in [0.1, 0.15) is 0 Å². The highest BCUT2D eigenvalue weighted by Crippen LogP contribution is 2.43. The summed E-state index contributed by atoms with van der Waals surface area (Å²) in [4.78, 5) is 0. The summed E-state index contributed by atoms with van der Waals surface area (Å²) in [5, 5.41) is 15.8. The van der Waals surface area contributed by atoms with Crippen LogP contribution in [-0.2, 0) is 19.9 Å². The fourth-order valence-electron chi connectivity index (χ4n) is 3.84. The second-order valence-electron chi connectivity index (χ2n) is 7.44. The molecule has 0 aromatic carbocycles. The molecule has 2 rings (SSSR count). The standard InChI is InChI=1S/C17H29ClN2O/c1-6-13-16(18)14(20(5)19-13)10-17(3,4)12-8-7-11(2)9-15(12)21/h11-12,15,21H,6-10H2,1-5H3. The van der Waals surface area contributed by atoms with E-state index in [0.29, 0.717) is 11.8 Å². The molecule has 1 aliphatic carbocycles. The Morgan fingerprint density at radius 2 is 2.05 bits per heavy atom. The molecular formula is C17H29ClN2O. The average Bonchev–Trinajstić information content (AvgIpc) is 2.65. The summed E-state index contributed by atoms with van der Waals surface area (Å²) in [6.45, 7) is 8.82. The van der Waals surface area contributed by atoms with E-state index >= 15 is 0 Å². The Kier molecular flexibility index (Phi) is 5.04. The highest BCUT2D eigenvalue weighted by Gasteiger charge is 2.39. The normalized spacial score (nSPS) is 27.1. The van der Waals surface area contributed by atoms with Gasteiger partial charge in [-0.2, -0.15) is 5.10 Å². The molecule has 1 aromatic heterocycles. The minimum atomic E-state index is -0.193. The molecule has 3 nitrogen and oxygen atoms in total. The van der Waals surface area contributed by atoms with E-state index in [-0.39, 0.29) is 11.5 Å². The molecule has 1 saturated carbocycles. The molecule has 0 spiro atoms. The van der Waals surface area contributed by atoms with E-state index < -0.39 is 0 Å². The van der Waals surface area contributed by atoms with E-state index in [9.17, 15) is 5.11 Å². The van der Waals surface area contributed by atoms with E-state index in [1.165, 1.54) is 6.42 Å². The van der Waals surface area contributed by atoms with Gasteiger partial charge in [-0.15, -0.1) is 0 Å². The quantitative estimate of drug-likeness (QED) is 0.912. The van der Waals surface area contributed by atoms with E-state index in [2.05, 4.69) is 32.8 Å². The monoisotopic (exact) mass is 312 g/mol. The van der Waals surface area contributed by atoms with Crippen molar-refractivity contribution in [3.63, 3.8) is 0 Å². The predicted octanol–water partition coefficient (Wildman–Crippen LogP) is 4.00. The molecule has 3 unspecified atom stereocenters. The Balaban J connectivity index is 2.19. The van der Waals surface area contributed by atoms with Crippen LogP contribution in [0.3, 0.4) is 0 Å². The summed E-state index contributed by atoms with van der Waals surface area (Å²) in [7, 11) is 1.97. The number of hydrogen-bond acceptors (Lipinski definition) is 2. The Hall–Kier alpha value is -0.540. The molecule has 0 aliphatic heterocycles. The molecule has 1 aromatic rings. The fourth-order valence-corrected chi connectivity index (χ4v) is 4.20. The van der Waals surface area contributed by atoms with Crippen molar-refractivity contribution in [3.8, 4) is 0 Å². The predicted molar refractivity (Wildman–Crippen MR) is 87.6 cm³/mol. The van der Waals surface area contributed by atoms with Gasteiger partial charge in [-0.05, 0) is 42.9 Å². The van der Waals surface area contributed by atoms with Crippen LogP contribution in [0.25, 0.3) is 0 Å². The van der Waals surface area contributed by atoms with Gasteiger partial charge >= 0.3 is 0 Å².